The van der Waals surface area contributed by atoms with Gasteiger partial charge in [-0.05, 0) is 42.3 Å². The topological polar surface area (TPSA) is 185 Å². The normalized spacial score (nSPS) is 22.7. The van der Waals surface area contributed by atoms with Crippen molar-refractivity contribution in [3.05, 3.63) is 76.2 Å². The molecular formula is C28H28O12. The van der Waals surface area contributed by atoms with Gasteiger partial charge in [-0.15, -0.1) is 0 Å². The molecule has 2 aromatic carbocycles. The van der Waals surface area contributed by atoms with E-state index in [1.54, 1.807) is 19.1 Å². The monoisotopic (exact) mass is 556 g/mol. The summed E-state index contributed by atoms with van der Waals surface area (Å²) in [6, 6.07) is 11.1. The van der Waals surface area contributed by atoms with Crippen LogP contribution >= 0.6 is 0 Å². The van der Waals surface area contributed by atoms with Gasteiger partial charge < -0.3 is 48.9 Å². The molecule has 5 unspecified atom stereocenters. The number of aliphatic hydroxyl groups excluding tert-OH is 3. The number of phenols is 2. The highest BCUT2D eigenvalue weighted by atomic mass is 16.7. The lowest BCUT2D eigenvalue weighted by Crippen LogP contribution is -2.61. The molecule has 1 aromatic heterocycles. The van der Waals surface area contributed by atoms with Crippen LogP contribution in [0.3, 0.4) is 0 Å². The minimum absolute atomic E-state index is 0.0253. The Morgan fingerprint density at radius 1 is 1.02 bits per heavy atom. The van der Waals surface area contributed by atoms with Crippen molar-refractivity contribution in [2.24, 2.45) is 0 Å². The van der Waals surface area contributed by atoms with Crippen LogP contribution in [0.5, 0.6) is 23.0 Å². The average molecular weight is 557 g/mol. The summed E-state index contributed by atoms with van der Waals surface area (Å²) in [4.78, 5) is 24.8. The number of methoxy groups -OCH3 is 1. The fourth-order valence-corrected chi connectivity index (χ4v) is 4.17. The van der Waals surface area contributed by atoms with E-state index < -0.39 is 48.9 Å². The standard InChI is InChI=1S/C28H28O12/c1-14-9-17(31)10-19(24(14)20-11-18(36-2)12-23(33)37-20)38-28-27(26(35)25(34)21(13-29)39-28)40-22(32)8-5-15-3-6-16(30)7-4-15/h3-12,21,25-31,34-35H,13H2,1-2H3. The van der Waals surface area contributed by atoms with Crippen LogP contribution in [-0.4, -0.2) is 75.9 Å². The molecule has 3 aromatic rings. The van der Waals surface area contributed by atoms with Crippen molar-refractivity contribution in [1.82, 2.24) is 0 Å². The number of hydrogen-bond donors (Lipinski definition) is 5. The Hall–Kier alpha value is -4.36. The number of carbonyl (C=O) groups excluding carboxylic acids is 1. The van der Waals surface area contributed by atoms with Crippen LogP contribution in [0.25, 0.3) is 17.4 Å². The Kier molecular flexibility index (Phi) is 8.75. The van der Waals surface area contributed by atoms with Crippen LogP contribution in [0.2, 0.25) is 0 Å². The Morgan fingerprint density at radius 2 is 1.75 bits per heavy atom. The van der Waals surface area contributed by atoms with Crippen molar-refractivity contribution in [3.8, 4) is 34.3 Å². The third kappa shape index (κ3) is 6.43. The quantitative estimate of drug-likeness (QED) is 0.199. The van der Waals surface area contributed by atoms with Crippen molar-refractivity contribution >= 4 is 12.0 Å². The van der Waals surface area contributed by atoms with Crippen molar-refractivity contribution in [2.45, 2.75) is 37.6 Å². The van der Waals surface area contributed by atoms with E-state index >= 15 is 0 Å². The predicted octanol–water partition coefficient (Wildman–Crippen LogP) is 1.48. The highest BCUT2D eigenvalue weighted by Gasteiger charge is 2.48. The lowest BCUT2D eigenvalue weighted by atomic mass is 9.98. The second kappa shape index (κ2) is 12.2. The van der Waals surface area contributed by atoms with Gasteiger partial charge >= 0.3 is 11.6 Å². The zero-order valence-electron chi connectivity index (χ0n) is 21.5. The number of benzene rings is 2. The fourth-order valence-electron chi connectivity index (χ4n) is 4.17. The van der Waals surface area contributed by atoms with E-state index in [1.807, 2.05) is 0 Å². The Balaban J connectivity index is 1.67. The van der Waals surface area contributed by atoms with Gasteiger partial charge in [-0.1, -0.05) is 12.1 Å². The molecule has 1 fully saturated rings. The minimum Gasteiger partial charge on any atom is -0.508 e. The third-order valence-corrected chi connectivity index (χ3v) is 6.14. The first-order valence-corrected chi connectivity index (χ1v) is 12.1. The van der Waals surface area contributed by atoms with Crippen molar-refractivity contribution < 1.29 is 53.7 Å². The van der Waals surface area contributed by atoms with Gasteiger partial charge in [0.05, 0.1) is 25.3 Å². The number of carbonyl (C=O) groups is 1. The van der Waals surface area contributed by atoms with E-state index in [0.717, 1.165) is 12.1 Å². The van der Waals surface area contributed by atoms with Gasteiger partial charge in [0.2, 0.25) is 6.29 Å². The Labute approximate surface area is 227 Å². The molecule has 0 spiro atoms. The molecule has 0 radical (unpaired) electrons. The summed E-state index contributed by atoms with van der Waals surface area (Å²) < 4.78 is 27.5. The number of hydrogen-bond acceptors (Lipinski definition) is 12. The molecule has 40 heavy (non-hydrogen) atoms. The molecule has 0 bridgehead atoms. The highest BCUT2D eigenvalue weighted by Crippen LogP contribution is 2.39. The second-order valence-electron chi connectivity index (χ2n) is 8.97. The predicted molar refractivity (Wildman–Crippen MR) is 139 cm³/mol. The number of aryl methyl sites for hydroxylation is 1. The van der Waals surface area contributed by atoms with Gasteiger partial charge in [-0.2, -0.15) is 0 Å². The van der Waals surface area contributed by atoms with Gasteiger partial charge in [0.15, 0.2) is 6.10 Å². The maximum Gasteiger partial charge on any atom is 0.339 e. The summed E-state index contributed by atoms with van der Waals surface area (Å²) in [5, 5.41) is 50.6. The number of phenolic OH excluding ortho intramolecular Hbond substituents is 2. The fraction of sp³-hybridized carbons (Fsp3) is 0.286. The number of ether oxygens (including phenoxy) is 4. The number of aliphatic hydroxyl groups is 3. The first-order chi connectivity index (χ1) is 19.1. The van der Waals surface area contributed by atoms with Crippen LogP contribution in [0.15, 0.2) is 63.8 Å². The second-order valence-corrected chi connectivity index (χ2v) is 8.97. The molecule has 12 nitrogen and oxygen atoms in total. The van der Waals surface area contributed by atoms with Crippen LogP contribution in [0.4, 0.5) is 0 Å². The summed E-state index contributed by atoms with van der Waals surface area (Å²) in [7, 11) is 1.37. The average Bonchev–Trinajstić information content (AvgIpc) is 2.91. The van der Waals surface area contributed by atoms with E-state index in [0.29, 0.717) is 11.1 Å². The van der Waals surface area contributed by atoms with Gasteiger partial charge in [0.25, 0.3) is 0 Å². The number of aromatic hydroxyl groups is 2. The summed E-state index contributed by atoms with van der Waals surface area (Å²) in [5.41, 5.74) is 0.499. The maximum absolute atomic E-state index is 12.6. The van der Waals surface area contributed by atoms with E-state index in [4.69, 9.17) is 23.4 Å². The van der Waals surface area contributed by atoms with Crippen molar-refractivity contribution in [2.75, 3.05) is 13.7 Å². The summed E-state index contributed by atoms with van der Waals surface area (Å²) in [5.74, 6) is -0.955. The lowest BCUT2D eigenvalue weighted by molar-refractivity contribution is -0.281. The van der Waals surface area contributed by atoms with Crippen molar-refractivity contribution in [3.63, 3.8) is 0 Å². The van der Waals surface area contributed by atoms with E-state index in [1.165, 1.54) is 43.5 Å². The molecule has 2 heterocycles. The zero-order chi connectivity index (χ0) is 29.0. The SMILES string of the molecule is COc1cc(-c2c(C)cc(O)cc2OC2OC(CO)C(O)C(O)C2OC(=O)C=Cc2ccc(O)cc2)oc(=O)c1. The van der Waals surface area contributed by atoms with Gasteiger partial charge in [-0.25, -0.2) is 9.59 Å². The largest absolute Gasteiger partial charge is 0.508 e. The molecule has 5 atom stereocenters. The lowest BCUT2D eigenvalue weighted by Gasteiger charge is -2.41. The summed E-state index contributed by atoms with van der Waals surface area (Å²) >= 11 is 0. The number of esters is 1. The highest BCUT2D eigenvalue weighted by molar-refractivity contribution is 5.87. The zero-order valence-corrected chi connectivity index (χ0v) is 21.5. The van der Waals surface area contributed by atoms with Crippen LogP contribution in [0, 0.1) is 6.92 Å². The first-order valence-electron chi connectivity index (χ1n) is 12.1. The van der Waals surface area contributed by atoms with Gasteiger partial charge in [0.1, 0.15) is 47.1 Å². The molecule has 1 aliphatic heterocycles. The molecule has 0 amide bonds. The van der Waals surface area contributed by atoms with Gasteiger partial charge in [0, 0.05) is 18.2 Å². The van der Waals surface area contributed by atoms with Crippen LogP contribution < -0.4 is 15.1 Å². The molecule has 0 aliphatic carbocycles. The molecule has 5 N–H and O–H groups in total. The molecule has 1 saturated heterocycles. The molecule has 0 saturated carbocycles. The van der Waals surface area contributed by atoms with E-state index in [9.17, 15) is 35.1 Å². The molecule has 212 valence electrons. The van der Waals surface area contributed by atoms with Gasteiger partial charge in [-0.3, -0.25) is 0 Å². The Morgan fingerprint density at radius 3 is 2.42 bits per heavy atom. The smallest absolute Gasteiger partial charge is 0.339 e. The summed E-state index contributed by atoms with van der Waals surface area (Å²) in [6.07, 6.45) is -5.39. The maximum atomic E-state index is 12.6. The molecule has 4 rings (SSSR count). The minimum atomic E-state index is -1.74. The first kappa shape index (κ1) is 28.6. The van der Waals surface area contributed by atoms with Crippen LogP contribution in [0.1, 0.15) is 11.1 Å². The third-order valence-electron chi connectivity index (χ3n) is 6.14. The number of rotatable bonds is 8. The summed E-state index contributed by atoms with van der Waals surface area (Å²) in [6.45, 7) is 0.917. The Bertz CT molecular complexity index is 1430. The molecule has 1 aliphatic rings. The van der Waals surface area contributed by atoms with Crippen molar-refractivity contribution in [1.29, 1.82) is 0 Å². The van der Waals surface area contributed by atoms with E-state index in [2.05, 4.69) is 0 Å². The van der Waals surface area contributed by atoms with E-state index in [-0.39, 0.29) is 34.3 Å². The molecular weight excluding hydrogens is 528 g/mol. The van der Waals surface area contributed by atoms with Crippen LogP contribution in [-0.2, 0) is 14.3 Å². The molecule has 12 heteroatoms.